The number of hydrogen-bond donors (Lipinski definition) is 0. The van der Waals surface area contributed by atoms with Crippen LogP contribution in [0.15, 0.2) is 53.5 Å². The van der Waals surface area contributed by atoms with Gasteiger partial charge >= 0.3 is 6.16 Å². The fourth-order valence-corrected chi connectivity index (χ4v) is 6.86. The Morgan fingerprint density at radius 1 is 1.02 bits per heavy atom. The molecule has 1 aliphatic carbocycles. The Bertz CT molecular complexity index is 1730. The third-order valence-electron chi connectivity index (χ3n) is 8.82. The molecule has 14 heteroatoms. The molecule has 45 heavy (non-hydrogen) atoms. The van der Waals surface area contributed by atoms with Gasteiger partial charge in [-0.3, -0.25) is 24.2 Å². The minimum Gasteiger partial charge on any atom is -0.451 e. The summed E-state index contributed by atoms with van der Waals surface area (Å²) in [5.41, 5.74) is 1.40. The van der Waals surface area contributed by atoms with Gasteiger partial charge in [0.15, 0.2) is 17.3 Å². The number of halogens is 2. The number of benzene rings is 2. The number of aromatic nitrogens is 1. The van der Waals surface area contributed by atoms with E-state index < -0.39 is 60.3 Å². The standard InChI is InChI=1S/C31H30F2N4O8/c1-34-11-14-43-28-18-6-4-3-5-17(18)25(19-7-8-20(32)24(33)23(19)26(28)34)37-22-15-42-13-12-35(22)30(39)27-29(21(38)9-10-36(27)37)44-16-45-31(40)41-2/h3-10,22,25-26,28H,11-16H2,1-2H3. The number of hydrogen-bond acceptors (Lipinski definition) is 10. The minimum absolute atomic E-state index is 0.0971. The Hall–Kier alpha value is -4.53. The van der Waals surface area contributed by atoms with Gasteiger partial charge in [-0.05, 0) is 29.8 Å². The molecule has 2 saturated heterocycles. The molecule has 0 radical (unpaired) electrons. The number of morpholine rings is 2. The van der Waals surface area contributed by atoms with E-state index in [2.05, 4.69) is 4.74 Å². The van der Waals surface area contributed by atoms with Crippen molar-refractivity contribution in [3.05, 3.63) is 98.5 Å². The Balaban J connectivity index is 1.49. The third kappa shape index (κ3) is 4.62. The first-order chi connectivity index (χ1) is 21.8. The van der Waals surface area contributed by atoms with Crippen LogP contribution in [0.5, 0.6) is 5.75 Å². The lowest BCUT2D eigenvalue weighted by Crippen LogP contribution is -2.66. The van der Waals surface area contributed by atoms with Crippen LogP contribution in [0.2, 0.25) is 0 Å². The van der Waals surface area contributed by atoms with E-state index in [4.69, 9.17) is 18.9 Å². The van der Waals surface area contributed by atoms with Gasteiger partial charge in [-0.1, -0.05) is 30.3 Å². The second-order valence-electron chi connectivity index (χ2n) is 11.1. The summed E-state index contributed by atoms with van der Waals surface area (Å²) in [7, 11) is 2.98. The predicted molar refractivity (Wildman–Crippen MR) is 152 cm³/mol. The smallest absolute Gasteiger partial charge is 0.451 e. The van der Waals surface area contributed by atoms with Crippen LogP contribution >= 0.6 is 0 Å². The van der Waals surface area contributed by atoms with Crippen molar-refractivity contribution < 1.29 is 42.1 Å². The highest BCUT2D eigenvalue weighted by molar-refractivity contribution is 5.96. The molecule has 7 rings (SSSR count). The summed E-state index contributed by atoms with van der Waals surface area (Å²) < 4.78 is 59.7. The number of carbonyl (C=O) groups is 2. The molecule has 0 saturated carbocycles. The lowest BCUT2D eigenvalue weighted by molar-refractivity contribution is -0.0662. The van der Waals surface area contributed by atoms with Gasteiger partial charge in [0.2, 0.25) is 18.0 Å². The van der Waals surface area contributed by atoms with E-state index in [-0.39, 0.29) is 36.8 Å². The van der Waals surface area contributed by atoms with E-state index in [0.29, 0.717) is 18.7 Å². The van der Waals surface area contributed by atoms with E-state index in [1.54, 1.807) is 11.0 Å². The van der Waals surface area contributed by atoms with E-state index in [0.717, 1.165) is 24.3 Å². The molecule has 3 aliphatic heterocycles. The van der Waals surface area contributed by atoms with Gasteiger partial charge in [-0.25, -0.2) is 13.6 Å². The van der Waals surface area contributed by atoms with Crippen LogP contribution in [-0.2, 0) is 18.9 Å². The van der Waals surface area contributed by atoms with Gasteiger partial charge in [-0.2, -0.15) is 0 Å². The quantitative estimate of drug-likeness (QED) is 0.317. The van der Waals surface area contributed by atoms with E-state index >= 15 is 8.78 Å². The van der Waals surface area contributed by atoms with Crippen molar-refractivity contribution in [1.82, 2.24) is 14.5 Å². The summed E-state index contributed by atoms with van der Waals surface area (Å²) in [6.07, 6.45) is -0.917. The molecule has 1 amide bonds. The van der Waals surface area contributed by atoms with Crippen LogP contribution in [0, 0.1) is 11.6 Å². The Morgan fingerprint density at radius 2 is 1.82 bits per heavy atom. The first kappa shape index (κ1) is 29.2. The highest BCUT2D eigenvalue weighted by Gasteiger charge is 2.49. The highest BCUT2D eigenvalue weighted by atomic mass is 19.2. The minimum atomic E-state index is -1.03. The van der Waals surface area contributed by atoms with Crippen molar-refractivity contribution in [2.75, 3.05) is 58.9 Å². The van der Waals surface area contributed by atoms with Gasteiger partial charge in [0.1, 0.15) is 12.3 Å². The second kappa shape index (κ2) is 11.4. The van der Waals surface area contributed by atoms with Crippen molar-refractivity contribution in [2.45, 2.75) is 24.4 Å². The number of nitrogens with zero attached hydrogens (tertiary/aromatic N) is 4. The molecule has 4 heterocycles. The SMILES string of the molecule is COC(=O)OCOc1c2n(ccc1=O)N(C1c3ccccc3C3OCCN(C)C3c3c1ccc(F)c3F)C1COCCN1C2=O. The summed E-state index contributed by atoms with van der Waals surface area (Å²) in [4.78, 5) is 42.3. The highest BCUT2D eigenvalue weighted by Crippen LogP contribution is 2.51. The lowest BCUT2D eigenvalue weighted by Gasteiger charge is -2.51. The second-order valence-corrected chi connectivity index (χ2v) is 11.1. The Labute approximate surface area is 256 Å². The van der Waals surface area contributed by atoms with Crippen molar-refractivity contribution in [1.29, 1.82) is 0 Å². The third-order valence-corrected chi connectivity index (χ3v) is 8.82. The van der Waals surface area contributed by atoms with Gasteiger partial charge in [0.05, 0.1) is 39.0 Å². The Morgan fingerprint density at radius 3 is 2.62 bits per heavy atom. The number of carbonyl (C=O) groups excluding carboxylic acids is 2. The van der Waals surface area contributed by atoms with Gasteiger partial charge in [-0.15, -0.1) is 0 Å². The first-order valence-electron chi connectivity index (χ1n) is 14.5. The molecule has 2 aromatic carbocycles. The van der Waals surface area contributed by atoms with Crippen molar-refractivity contribution in [3.63, 3.8) is 0 Å². The van der Waals surface area contributed by atoms with Crippen LogP contribution in [0.1, 0.15) is 50.9 Å². The number of methoxy groups -OCH3 is 1. The number of likely N-dealkylation sites (N-methyl/N-ethyl adjacent to an activating group) is 1. The van der Waals surface area contributed by atoms with Crippen LogP contribution in [-0.4, -0.2) is 86.6 Å². The van der Waals surface area contributed by atoms with Crippen molar-refractivity contribution in [2.24, 2.45) is 0 Å². The summed E-state index contributed by atoms with van der Waals surface area (Å²) in [5.74, 6) is -2.82. The molecule has 2 fully saturated rings. The average Bonchev–Trinajstić information content (AvgIpc) is 3.17. The normalized spacial score (nSPS) is 24.0. The molecule has 4 atom stereocenters. The van der Waals surface area contributed by atoms with E-state index in [1.165, 1.54) is 16.9 Å². The zero-order chi connectivity index (χ0) is 31.4. The number of ether oxygens (including phenoxy) is 5. The summed E-state index contributed by atoms with van der Waals surface area (Å²) in [5, 5.41) is 1.83. The average molecular weight is 625 g/mol. The largest absolute Gasteiger partial charge is 0.510 e. The fourth-order valence-electron chi connectivity index (χ4n) is 6.86. The number of amides is 1. The van der Waals surface area contributed by atoms with Crippen molar-refractivity contribution in [3.8, 4) is 5.75 Å². The maximum atomic E-state index is 16.1. The number of rotatable bonds is 4. The molecule has 4 unspecified atom stereocenters. The summed E-state index contributed by atoms with van der Waals surface area (Å²) in [6, 6.07) is 9.97. The molecule has 3 aromatic rings. The molecule has 0 N–H and O–H groups in total. The number of pyridine rings is 1. The monoisotopic (exact) mass is 624 g/mol. The molecule has 236 valence electrons. The topological polar surface area (TPSA) is 112 Å². The zero-order valence-corrected chi connectivity index (χ0v) is 24.5. The van der Waals surface area contributed by atoms with Gasteiger partial charge < -0.3 is 28.6 Å². The van der Waals surface area contributed by atoms with Crippen LogP contribution in [0.4, 0.5) is 13.6 Å². The fraction of sp³-hybridized carbons (Fsp3) is 0.387. The molecule has 12 nitrogen and oxygen atoms in total. The molecule has 0 spiro atoms. The van der Waals surface area contributed by atoms with Crippen LogP contribution in [0.25, 0.3) is 0 Å². The van der Waals surface area contributed by atoms with Crippen molar-refractivity contribution >= 4 is 12.1 Å². The predicted octanol–water partition coefficient (Wildman–Crippen LogP) is 2.84. The van der Waals surface area contributed by atoms with Gasteiger partial charge in [0.25, 0.3) is 5.91 Å². The Kier molecular flexibility index (Phi) is 7.42. The zero-order valence-electron chi connectivity index (χ0n) is 24.5. The summed E-state index contributed by atoms with van der Waals surface area (Å²) >= 11 is 0. The van der Waals surface area contributed by atoms with E-state index in [9.17, 15) is 14.4 Å². The maximum Gasteiger partial charge on any atom is 0.510 e. The van der Waals surface area contributed by atoms with Gasteiger partial charge in [0, 0.05) is 30.9 Å². The molecule has 1 aromatic heterocycles. The molecular formula is C31H30F2N4O8. The van der Waals surface area contributed by atoms with Crippen LogP contribution < -0.4 is 15.2 Å². The summed E-state index contributed by atoms with van der Waals surface area (Å²) in [6.45, 7) is 0.742. The number of fused-ring (bicyclic) bond motifs is 7. The molecule has 4 aliphatic rings. The molecular weight excluding hydrogens is 594 g/mol. The lowest BCUT2D eigenvalue weighted by atomic mass is 9.91. The first-order valence-corrected chi connectivity index (χ1v) is 14.5. The molecule has 0 bridgehead atoms. The maximum absolute atomic E-state index is 16.1. The van der Waals surface area contributed by atoms with Crippen LogP contribution in [0.3, 0.4) is 0 Å². The van der Waals surface area contributed by atoms with E-state index in [1.807, 2.05) is 41.2 Å².